The number of carboxylic acids is 3. The van der Waals surface area contributed by atoms with E-state index >= 15 is 0 Å². The van der Waals surface area contributed by atoms with Crippen LogP contribution in [0.25, 0.3) is 0 Å². The van der Waals surface area contributed by atoms with Gasteiger partial charge in [-0.05, 0) is 26.2 Å². The van der Waals surface area contributed by atoms with Crippen LogP contribution < -0.4 is 11.2 Å². The van der Waals surface area contributed by atoms with Crippen LogP contribution >= 0.6 is 7.82 Å². The topological polar surface area (TPSA) is 263 Å². The number of ether oxygens (including phenoxy) is 1. The minimum atomic E-state index is -4.67. The van der Waals surface area contributed by atoms with Crippen LogP contribution in [0.3, 0.4) is 0 Å². The zero-order chi connectivity index (χ0) is 47.7. The van der Waals surface area contributed by atoms with Crippen molar-refractivity contribution in [3.8, 4) is 0 Å². The van der Waals surface area contributed by atoms with Crippen LogP contribution in [0.15, 0.2) is 15.8 Å². The van der Waals surface area contributed by atoms with Crippen molar-refractivity contribution in [1.29, 1.82) is 0 Å². The van der Waals surface area contributed by atoms with Gasteiger partial charge in [-0.3, -0.25) is 33.3 Å². The summed E-state index contributed by atoms with van der Waals surface area (Å²) < 4.78 is 21.4. The van der Waals surface area contributed by atoms with E-state index in [4.69, 9.17) is 29.8 Å². The van der Waals surface area contributed by atoms with Crippen molar-refractivity contribution < 1.29 is 58.4 Å². The van der Waals surface area contributed by atoms with Crippen molar-refractivity contribution in [1.82, 2.24) is 9.55 Å². The van der Waals surface area contributed by atoms with Crippen LogP contribution in [0.2, 0.25) is 0 Å². The Labute approximate surface area is 377 Å². The number of nitrogens with zero attached hydrogens (tertiary/aromatic N) is 1. The molecule has 0 aromatic carbocycles. The molecule has 1 aliphatic rings. The number of phosphoric ester groups is 1. The van der Waals surface area contributed by atoms with Crippen LogP contribution in [-0.4, -0.2) is 76.5 Å². The number of aliphatic hydroxyl groups is 1. The molecule has 7 N–H and O–H groups in total. The minimum absolute atomic E-state index is 0.0283. The minimum Gasteiger partial charge on any atom is -0.481 e. The molecule has 0 bridgehead atoms. The average molecular weight is 923 g/mol. The molecule has 0 radical (unpaired) electrons. The number of rotatable bonds is 34. The van der Waals surface area contributed by atoms with Crippen molar-refractivity contribution in [3.63, 3.8) is 0 Å². The lowest BCUT2D eigenvalue weighted by molar-refractivity contribution is -0.138. The van der Waals surface area contributed by atoms with Gasteiger partial charge in [0.25, 0.3) is 5.56 Å². The van der Waals surface area contributed by atoms with Gasteiger partial charge in [0, 0.05) is 37.4 Å². The number of H-pyrrole nitrogens is 1. The summed E-state index contributed by atoms with van der Waals surface area (Å²) in [6.07, 6.45) is 32.9. The number of aromatic amines is 1. The van der Waals surface area contributed by atoms with Gasteiger partial charge in [-0.15, -0.1) is 0 Å². The molecule has 0 spiro atoms. The van der Waals surface area contributed by atoms with Crippen molar-refractivity contribution in [2.24, 2.45) is 0 Å². The smallest absolute Gasteiger partial charge is 0.469 e. The third-order valence-electron chi connectivity index (χ3n) is 10.5. The lowest BCUT2D eigenvalue weighted by atomic mass is 10.1. The molecule has 63 heavy (non-hydrogen) atoms. The van der Waals surface area contributed by atoms with Crippen LogP contribution in [-0.2, 0) is 28.2 Å². The Hall–Kier alpha value is -2.88. The van der Waals surface area contributed by atoms with Gasteiger partial charge in [0.05, 0.1) is 12.7 Å². The molecule has 17 heteroatoms. The number of unbranched alkanes of at least 4 members (excludes halogenated alkanes) is 24. The first kappa shape index (κ1) is 62.2. The van der Waals surface area contributed by atoms with Crippen molar-refractivity contribution >= 4 is 25.7 Å². The summed E-state index contributed by atoms with van der Waals surface area (Å²) >= 11 is 0. The van der Waals surface area contributed by atoms with Crippen LogP contribution in [0.1, 0.15) is 232 Å². The van der Waals surface area contributed by atoms with E-state index in [0.29, 0.717) is 24.8 Å². The van der Waals surface area contributed by atoms with Crippen LogP contribution in [0.5, 0.6) is 0 Å². The summed E-state index contributed by atoms with van der Waals surface area (Å²) in [7, 11) is -4.67. The number of hydrogen-bond donors (Lipinski definition) is 7. The zero-order valence-corrected chi connectivity index (χ0v) is 40.2. The SMILES string of the molecule is CCCCCCCCCCCC(=O)O.CCCCCCCCCCCC(=O)O.CCCCCCCCCCCC(=O)O.Cc1cn([C@H]2C[C@H](O)[C@@H](COP(=O)(O)O)O2)c(=O)[nH]c1=O. The molecule has 1 saturated heterocycles. The molecular weight excluding hydrogens is 835 g/mol. The molecular formula is C46H87N2O14P. The van der Waals surface area contributed by atoms with Gasteiger partial charge in [0.15, 0.2) is 0 Å². The summed E-state index contributed by atoms with van der Waals surface area (Å²) in [6, 6.07) is 0. The van der Waals surface area contributed by atoms with Gasteiger partial charge < -0.3 is 34.9 Å². The molecule has 2 rings (SSSR count). The van der Waals surface area contributed by atoms with Crippen LogP contribution in [0.4, 0.5) is 0 Å². The van der Waals surface area contributed by atoms with Gasteiger partial charge >= 0.3 is 31.4 Å². The fourth-order valence-corrected chi connectivity index (χ4v) is 7.11. The standard InChI is InChI=1S/3C12H24O2.C10H15N2O8P/c3*1-2-3-4-5-6-7-8-9-10-11-12(13)14;1-5-3-12(10(15)11-9(5)14)8-2-6(13)7(20-8)4-19-21(16,17)18/h3*2-11H2,1H3,(H,13,14);3,6-8,13H,2,4H2,1H3,(H,11,14,15)(H2,16,17,18)/t;;;6-,7+,8+/m...0/s1. The highest BCUT2D eigenvalue weighted by molar-refractivity contribution is 7.46. The Balaban J connectivity index is 0. The van der Waals surface area contributed by atoms with E-state index in [-0.39, 0.29) is 6.42 Å². The molecule has 16 nitrogen and oxygen atoms in total. The number of phosphoric acid groups is 1. The predicted molar refractivity (Wildman–Crippen MR) is 247 cm³/mol. The second-order valence-corrected chi connectivity index (χ2v) is 17.9. The highest BCUT2D eigenvalue weighted by Gasteiger charge is 2.37. The zero-order valence-electron chi connectivity index (χ0n) is 39.3. The van der Waals surface area contributed by atoms with Gasteiger partial charge in [-0.1, -0.05) is 175 Å². The Bertz CT molecular complexity index is 1370. The second kappa shape index (κ2) is 41.8. The molecule has 0 aliphatic carbocycles. The molecule has 3 atom stereocenters. The molecule has 1 aromatic rings. The lowest BCUT2D eigenvalue weighted by Gasteiger charge is -2.16. The molecule has 0 unspecified atom stereocenters. The van der Waals surface area contributed by atoms with Crippen molar-refractivity contribution in [2.45, 2.75) is 245 Å². The largest absolute Gasteiger partial charge is 0.481 e. The lowest BCUT2D eigenvalue weighted by Crippen LogP contribution is -2.33. The number of hydrogen-bond acceptors (Lipinski definition) is 9. The fraction of sp³-hybridized carbons (Fsp3) is 0.848. The van der Waals surface area contributed by atoms with E-state index in [0.717, 1.165) is 43.1 Å². The Morgan fingerprint density at radius 2 is 0.952 bits per heavy atom. The number of aliphatic hydroxyl groups excluding tert-OH is 1. The van der Waals surface area contributed by atoms with E-state index in [1.807, 2.05) is 0 Å². The van der Waals surface area contributed by atoms with Gasteiger partial charge in [0.2, 0.25) is 0 Å². The Morgan fingerprint density at radius 3 is 1.25 bits per heavy atom. The summed E-state index contributed by atoms with van der Waals surface area (Å²) in [4.78, 5) is 72.9. The van der Waals surface area contributed by atoms with E-state index in [1.54, 1.807) is 0 Å². The second-order valence-electron chi connectivity index (χ2n) is 16.6. The number of aryl methyl sites for hydroxylation is 1. The van der Waals surface area contributed by atoms with Crippen LogP contribution in [0, 0.1) is 6.92 Å². The normalized spacial score (nSPS) is 15.6. The average Bonchev–Trinajstić information content (AvgIpc) is 3.59. The monoisotopic (exact) mass is 923 g/mol. The van der Waals surface area contributed by atoms with E-state index in [2.05, 4.69) is 30.3 Å². The fourth-order valence-electron chi connectivity index (χ4n) is 6.77. The molecule has 370 valence electrons. The maximum absolute atomic E-state index is 11.7. The number of nitrogens with one attached hydrogen (secondary N) is 1. The maximum atomic E-state index is 11.7. The third kappa shape index (κ3) is 41.6. The Morgan fingerprint density at radius 1 is 0.635 bits per heavy atom. The van der Waals surface area contributed by atoms with E-state index in [9.17, 15) is 33.6 Å². The molecule has 1 aliphatic heterocycles. The van der Waals surface area contributed by atoms with E-state index in [1.165, 1.54) is 148 Å². The Kier molecular flexibility index (Phi) is 41.3. The third-order valence-corrected chi connectivity index (χ3v) is 11.0. The van der Waals surface area contributed by atoms with Gasteiger partial charge in [0.1, 0.15) is 12.3 Å². The predicted octanol–water partition coefficient (Wildman–Crippen LogP) is 10.6. The molecule has 1 fully saturated rings. The summed E-state index contributed by atoms with van der Waals surface area (Å²) in [6.45, 7) is 7.68. The number of carbonyl (C=O) groups is 3. The summed E-state index contributed by atoms with van der Waals surface area (Å²) in [5.41, 5.74) is -0.918. The highest BCUT2D eigenvalue weighted by atomic mass is 31.2. The van der Waals surface area contributed by atoms with Crippen molar-refractivity contribution in [2.75, 3.05) is 6.61 Å². The highest BCUT2D eigenvalue weighted by Crippen LogP contribution is 2.38. The summed E-state index contributed by atoms with van der Waals surface area (Å²) in [5.74, 6) is -1.98. The first-order chi connectivity index (χ1) is 30.0. The molecule has 0 saturated carbocycles. The maximum Gasteiger partial charge on any atom is 0.469 e. The first-order valence-electron chi connectivity index (χ1n) is 24.0. The molecule has 0 amide bonds. The quantitative estimate of drug-likeness (QED) is 0.0250. The van der Waals surface area contributed by atoms with E-state index < -0.39 is 62.0 Å². The number of carboxylic acid groups (broad SMARTS) is 3. The molecule has 2 heterocycles. The van der Waals surface area contributed by atoms with Gasteiger partial charge in [-0.25, -0.2) is 9.36 Å². The van der Waals surface area contributed by atoms with Gasteiger partial charge in [-0.2, -0.15) is 0 Å². The van der Waals surface area contributed by atoms with Crippen molar-refractivity contribution in [3.05, 3.63) is 32.6 Å². The summed E-state index contributed by atoms with van der Waals surface area (Å²) in [5, 5.41) is 35.0. The number of aromatic nitrogens is 2. The molecule has 1 aromatic heterocycles. The number of aliphatic carboxylic acids is 3. The first-order valence-corrected chi connectivity index (χ1v) is 25.5.